The van der Waals surface area contributed by atoms with E-state index in [2.05, 4.69) is 16.7 Å². The number of hydrogen-bond acceptors (Lipinski definition) is 5. The highest BCUT2D eigenvalue weighted by atomic mass is 35.5. The quantitative estimate of drug-likeness (QED) is 0.252. The summed E-state index contributed by atoms with van der Waals surface area (Å²) in [5.41, 5.74) is 4.88. The Labute approximate surface area is 260 Å². The summed E-state index contributed by atoms with van der Waals surface area (Å²) in [5, 5.41) is 6.43. The number of amides is 3. The van der Waals surface area contributed by atoms with E-state index in [1.165, 1.54) is 18.4 Å². The molecule has 5 rings (SSSR count). The van der Waals surface area contributed by atoms with Gasteiger partial charge in [0.1, 0.15) is 0 Å². The highest BCUT2D eigenvalue weighted by Gasteiger charge is 2.41. The van der Waals surface area contributed by atoms with Crippen LogP contribution in [0.5, 0.6) is 0 Å². The topological polar surface area (TPSA) is 97.0 Å². The van der Waals surface area contributed by atoms with E-state index in [1.54, 1.807) is 61.2 Å². The molecule has 1 saturated heterocycles. The maximum absolute atomic E-state index is 13.6. The monoisotopic (exact) mass is 621 g/mol. The van der Waals surface area contributed by atoms with Crippen molar-refractivity contribution in [1.82, 2.24) is 5.32 Å². The second kappa shape index (κ2) is 13.2. The summed E-state index contributed by atoms with van der Waals surface area (Å²) in [6.07, 6.45) is 5.95. The number of carbonyl (C=O) groups is 3. The molecule has 0 aromatic heterocycles. The van der Waals surface area contributed by atoms with Crippen LogP contribution in [0.15, 0.2) is 72.8 Å². The van der Waals surface area contributed by atoms with Crippen LogP contribution in [-0.4, -0.2) is 36.3 Å². The molecular formula is C33H33Cl2N3O5. The van der Waals surface area contributed by atoms with Gasteiger partial charge in [0.05, 0.1) is 13.1 Å². The lowest BCUT2D eigenvalue weighted by Gasteiger charge is -2.24. The minimum atomic E-state index is -1.02. The molecule has 1 aliphatic heterocycles. The molecule has 1 atom stereocenters. The third-order valence-corrected chi connectivity index (χ3v) is 7.68. The number of nitrogens with one attached hydrogen (secondary N) is 2. The van der Waals surface area contributed by atoms with Gasteiger partial charge in [0.15, 0.2) is 6.10 Å². The van der Waals surface area contributed by atoms with Gasteiger partial charge in [-0.3, -0.25) is 9.69 Å². The fraction of sp³-hybridized carbons (Fsp3) is 0.303. The van der Waals surface area contributed by atoms with Gasteiger partial charge in [-0.1, -0.05) is 53.5 Å². The summed E-state index contributed by atoms with van der Waals surface area (Å²) in [4.78, 5) is 39.9. The van der Waals surface area contributed by atoms with E-state index in [-0.39, 0.29) is 25.0 Å². The first-order valence-electron chi connectivity index (χ1n) is 14.2. The zero-order chi connectivity index (χ0) is 30.6. The van der Waals surface area contributed by atoms with Crippen molar-refractivity contribution < 1.29 is 23.9 Å². The van der Waals surface area contributed by atoms with Crippen LogP contribution in [0.2, 0.25) is 10.0 Å². The Balaban J connectivity index is 1.31. The Morgan fingerprint density at radius 2 is 1.67 bits per heavy atom. The highest BCUT2D eigenvalue weighted by Crippen LogP contribution is 2.30. The largest absolute Gasteiger partial charge is 0.432 e. The third kappa shape index (κ3) is 7.96. The number of rotatable bonds is 8. The Bertz CT molecular complexity index is 1520. The molecule has 1 heterocycles. The third-order valence-electron chi connectivity index (χ3n) is 7.24. The number of hydrogen-bond donors (Lipinski definition) is 2. The molecule has 0 unspecified atom stereocenters. The van der Waals surface area contributed by atoms with Crippen LogP contribution < -0.4 is 15.5 Å². The number of esters is 1. The van der Waals surface area contributed by atoms with E-state index in [4.69, 9.17) is 32.7 Å². The molecule has 2 aliphatic rings. The van der Waals surface area contributed by atoms with Crippen molar-refractivity contribution in [3.05, 3.63) is 99.5 Å². The first kappa shape index (κ1) is 30.6. The lowest BCUT2D eigenvalue weighted by Crippen LogP contribution is -2.36. The van der Waals surface area contributed by atoms with E-state index >= 15 is 0 Å². The molecule has 0 radical (unpaired) electrons. The number of benzene rings is 3. The van der Waals surface area contributed by atoms with Crippen LogP contribution in [0.25, 0.3) is 5.57 Å². The van der Waals surface area contributed by atoms with Crippen LogP contribution in [0.4, 0.5) is 16.2 Å². The average molecular weight is 623 g/mol. The Kier molecular flexibility index (Phi) is 9.40. The molecule has 1 fully saturated rings. The summed E-state index contributed by atoms with van der Waals surface area (Å²) >= 11 is 12.3. The molecule has 10 heteroatoms. The van der Waals surface area contributed by atoms with Gasteiger partial charge in [0.2, 0.25) is 5.79 Å². The molecule has 3 amide bonds. The van der Waals surface area contributed by atoms with Gasteiger partial charge in [0.25, 0.3) is 5.91 Å². The zero-order valence-electron chi connectivity index (χ0n) is 24.0. The first-order chi connectivity index (χ1) is 20.6. The van der Waals surface area contributed by atoms with E-state index in [1.807, 2.05) is 24.3 Å². The van der Waals surface area contributed by atoms with E-state index in [0.717, 1.165) is 24.0 Å². The number of urea groups is 1. The molecule has 3 aromatic rings. The van der Waals surface area contributed by atoms with Crippen LogP contribution in [-0.2, 0) is 20.8 Å². The summed E-state index contributed by atoms with van der Waals surface area (Å²) < 4.78 is 10.7. The van der Waals surface area contributed by atoms with Crippen LogP contribution in [0.1, 0.15) is 61.0 Å². The van der Waals surface area contributed by atoms with Crippen LogP contribution in [0.3, 0.4) is 0 Å². The molecular weight excluding hydrogens is 589 g/mol. The molecule has 2 N–H and O–H groups in total. The summed E-state index contributed by atoms with van der Waals surface area (Å²) in [6.45, 7) is 3.52. The van der Waals surface area contributed by atoms with Gasteiger partial charge >= 0.3 is 12.0 Å². The van der Waals surface area contributed by atoms with Gasteiger partial charge in [-0.25, -0.2) is 9.59 Å². The second-order valence-electron chi connectivity index (χ2n) is 11.0. The molecule has 3 aromatic carbocycles. The summed E-state index contributed by atoms with van der Waals surface area (Å²) in [6, 6.07) is 19.4. The fourth-order valence-electron chi connectivity index (χ4n) is 5.13. The number of nitrogens with zero attached hydrogens (tertiary/aromatic N) is 1. The van der Waals surface area contributed by atoms with Crippen molar-refractivity contribution >= 4 is 58.1 Å². The van der Waals surface area contributed by atoms with Gasteiger partial charge in [-0.2, -0.15) is 0 Å². The molecule has 224 valence electrons. The summed E-state index contributed by atoms with van der Waals surface area (Å²) in [5.74, 6) is -1.88. The average Bonchev–Trinajstić information content (AvgIpc) is 3.25. The highest BCUT2D eigenvalue weighted by molar-refractivity contribution is 6.35. The molecule has 0 bridgehead atoms. The number of halogens is 2. The Morgan fingerprint density at radius 1 is 0.977 bits per heavy atom. The number of cyclic esters (lactones) is 1. The SMILES string of the molecule is CC1(C)OC(=O)[C@H](CNC(=O)c2ccc(CN(C(=O)Nc3cc(Cl)cc(Cl)c3)c3ccc(C4=CCCCC4)cc3)cc2)O1. The van der Waals surface area contributed by atoms with E-state index in [0.29, 0.717) is 27.0 Å². The van der Waals surface area contributed by atoms with E-state index < -0.39 is 17.9 Å². The van der Waals surface area contributed by atoms with E-state index in [9.17, 15) is 14.4 Å². The molecule has 1 aliphatic carbocycles. The Hall–Kier alpha value is -3.85. The van der Waals surface area contributed by atoms with Crippen molar-refractivity contribution in [2.45, 2.75) is 58.0 Å². The molecule has 8 nitrogen and oxygen atoms in total. The second-order valence-corrected chi connectivity index (χ2v) is 11.9. The van der Waals surface area contributed by atoms with Gasteiger partial charge in [-0.05, 0) is 84.8 Å². The van der Waals surface area contributed by atoms with Crippen molar-refractivity contribution in [2.24, 2.45) is 0 Å². The molecule has 0 spiro atoms. The zero-order valence-corrected chi connectivity index (χ0v) is 25.5. The number of anilines is 2. The van der Waals surface area contributed by atoms with Crippen LogP contribution in [0, 0.1) is 0 Å². The van der Waals surface area contributed by atoms with Gasteiger partial charge in [-0.15, -0.1) is 0 Å². The van der Waals surface area contributed by atoms with Gasteiger partial charge < -0.3 is 20.1 Å². The van der Waals surface area contributed by atoms with Crippen molar-refractivity contribution in [2.75, 3.05) is 16.8 Å². The normalized spacial score (nSPS) is 17.5. The lowest BCUT2D eigenvalue weighted by atomic mass is 9.93. The molecule has 0 saturated carbocycles. The minimum Gasteiger partial charge on any atom is -0.432 e. The minimum absolute atomic E-state index is 0.00276. The van der Waals surface area contributed by atoms with Crippen LogP contribution >= 0.6 is 23.2 Å². The predicted octanol–water partition coefficient (Wildman–Crippen LogP) is 7.60. The maximum Gasteiger partial charge on any atom is 0.339 e. The standard InChI is InChI=1S/C33H33Cl2N3O5/c1-33(2)42-29(31(40)43-33)19-36-30(39)24-10-8-21(9-11-24)20-38(32(41)37-27-17-25(34)16-26(35)18-27)28-14-12-23(13-15-28)22-6-4-3-5-7-22/h6,8-18,29H,3-5,7,19-20H2,1-2H3,(H,36,39)(H,37,41)/t29-/m0/s1. The number of carbonyl (C=O) groups excluding carboxylic acids is 3. The maximum atomic E-state index is 13.6. The number of allylic oxidation sites excluding steroid dienone is 2. The fourth-order valence-corrected chi connectivity index (χ4v) is 5.66. The first-order valence-corrected chi connectivity index (χ1v) is 14.9. The van der Waals surface area contributed by atoms with Crippen molar-refractivity contribution in [3.8, 4) is 0 Å². The lowest BCUT2D eigenvalue weighted by molar-refractivity contribution is -0.160. The predicted molar refractivity (Wildman–Crippen MR) is 168 cm³/mol. The summed E-state index contributed by atoms with van der Waals surface area (Å²) in [7, 11) is 0. The Morgan fingerprint density at radius 3 is 2.28 bits per heavy atom. The smallest absolute Gasteiger partial charge is 0.339 e. The van der Waals surface area contributed by atoms with Crippen molar-refractivity contribution in [3.63, 3.8) is 0 Å². The molecule has 43 heavy (non-hydrogen) atoms. The number of ether oxygens (including phenoxy) is 2. The van der Waals surface area contributed by atoms with Crippen molar-refractivity contribution in [1.29, 1.82) is 0 Å². The van der Waals surface area contributed by atoms with Gasteiger partial charge in [0, 0.05) is 40.8 Å².